The lowest BCUT2D eigenvalue weighted by molar-refractivity contribution is 0.317. The highest BCUT2D eigenvalue weighted by Gasteiger charge is 1.89. The molecule has 0 N–H and O–H groups in total. The predicted octanol–water partition coefficient (Wildman–Crippen LogP) is 3.81. The quantitative estimate of drug-likeness (QED) is 0.687. The van der Waals surface area contributed by atoms with Crippen molar-refractivity contribution in [2.24, 2.45) is 0 Å². The van der Waals surface area contributed by atoms with Crippen LogP contribution < -0.4 is 4.74 Å². The van der Waals surface area contributed by atoms with Crippen molar-refractivity contribution in [2.45, 2.75) is 34.1 Å². The van der Waals surface area contributed by atoms with E-state index >= 15 is 0 Å². The van der Waals surface area contributed by atoms with E-state index in [2.05, 4.69) is 26.0 Å². The van der Waals surface area contributed by atoms with Crippen LogP contribution in [0.1, 0.15) is 32.8 Å². The second-order valence-electron chi connectivity index (χ2n) is 2.66. The Morgan fingerprint density at radius 1 is 1.08 bits per heavy atom. The summed E-state index contributed by atoms with van der Waals surface area (Å²) in [6.07, 6.45) is 1.06. The van der Waals surface area contributed by atoms with Crippen LogP contribution in [0, 0.1) is 6.92 Å². The standard InChI is InChI=1S/C10H14O.C2H6/c1-3-8-11-10-6-4-9(2)5-7-10;1-2/h4-7H,3,8H2,1-2H3;1-2H3. The number of benzene rings is 1. The summed E-state index contributed by atoms with van der Waals surface area (Å²) in [7, 11) is 0. The molecule has 74 valence electrons. The first kappa shape index (κ1) is 12.0. The highest BCUT2D eigenvalue weighted by atomic mass is 16.5. The van der Waals surface area contributed by atoms with Crippen LogP contribution in [0.25, 0.3) is 0 Å². The van der Waals surface area contributed by atoms with Gasteiger partial charge in [-0.25, -0.2) is 0 Å². The van der Waals surface area contributed by atoms with Gasteiger partial charge in [0.1, 0.15) is 5.75 Å². The summed E-state index contributed by atoms with van der Waals surface area (Å²) < 4.78 is 5.41. The maximum absolute atomic E-state index is 5.41. The van der Waals surface area contributed by atoms with Gasteiger partial charge < -0.3 is 4.74 Å². The van der Waals surface area contributed by atoms with Crippen LogP contribution in [0.15, 0.2) is 24.3 Å². The van der Waals surface area contributed by atoms with Gasteiger partial charge in [0.05, 0.1) is 6.61 Å². The number of aryl methyl sites for hydroxylation is 1. The van der Waals surface area contributed by atoms with E-state index in [1.54, 1.807) is 0 Å². The summed E-state index contributed by atoms with van der Waals surface area (Å²) in [4.78, 5) is 0. The van der Waals surface area contributed by atoms with E-state index < -0.39 is 0 Å². The van der Waals surface area contributed by atoms with Crippen molar-refractivity contribution in [3.8, 4) is 5.75 Å². The summed E-state index contributed by atoms with van der Waals surface area (Å²) in [5.74, 6) is 0.970. The third-order valence-electron chi connectivity index (χ3n) is 1.49. The molecule has 0 saturated heterocycles. The van der Waals surface area contributed by atoms with E-state index in [1.807, 2.05) is 26.0 Å². The fourth-order valence-electron chi connectivity index (χ4n) is 0.854. The van der Waals surface area contributed by atoms with Crippen LogP contribution in [0.4, 0.5) is 0 Å². The van der Waals surface area contributed by atoms with Crippen molar-refractivity contribution in [1.82, 2.24) is 0 Å². The Hall–Kier alpha value is -0.980. The molecule has 0 bridgehead atoms. The van der Waals surface area contributed by atoms with Crippen LogP contribution in [0.2, 0.25) is 0 Å². The van der Waals surface area contributed by atoms with Gasteiger partial charge in [0, 0.05) is 0 Å². The molecule has 1 nitrogen and oxygen atoms in total. The Kier molecular flexibility index (Phi) is 7.08. The second kappa shape index (κ2) is 7.66. The zero-order valence-corrected chi connectivity index (χ0v) is 9.13. The Bertz CT molecular complexity index is 201. The van der Waals surface area contributed by atoms with E-state index in [0.29, 0.717) is 0 Å². The zero-order valence-electron chi connectivity index (χ0n) is 9.13. The molecule has 0 unspecified atom stereocenters. The molecule has 0 amide bonds. The van der Waals surface area contributed by atoms with Gasteiger partial charge in [0.2, 0.25) is 0 Å². The van der Waals surface area contributed by atoms with Crippen molar-refractivity contribution in [3.05, 3.63) is 29.8 Å². The maximum Gasteiger partial charge on any atom is 0.119 e. The lowest BCUT2D eigenvalue weighted by Crippen LogP contribution is -1.94. The summed E-state index contributed by atoms with van der Waals surface area (Å²) >= 11 is 0. The van der Waals surface area contributed by atoms with Crippen molar-refractivity contribution in [1.29, 1.82) is 0 Å². The molecule has 1 heteroatoms. The number of hydrogen-bond donors (Lipinski definition) is 0. The molecular formula is C12H20O. The van der Waals surface area contributed by atoms with Gasteiger partial charge in [-0.15, -0.1) is 0 Å². The highest BCUT2D eigenvalue weighted by molar-refractivity contribution is 5.26. The van der Waals surface area contributed by atoms with Gasteiger partial charge in [-0.3, -0.25) is 0 Å². The molecule has 0 aromatic heterocycles. The summed E-state index contributed by atoms with van der Waals surface area (Å²) in [5, 5.41) is 0. The molecule has 0 aliphatic carbocycles. The smallest absolute Gasteiger partial charge is 0.119 e. The normalized spacial score (nSPS) is 8.62. The van der Waals surface area contributed by atoms with Crippen LogP contribution in [0.5, 0.6) is 5.75 Å². The third-order valence-corrected chi connectivity index (χ3v) is 1.49. The molecule has 13 heavy (non-hydrogen) atoms. The molecule has 1 aromatic carbocycles. The van der Waals surface area contributed by atoms with E-state index in [9.17, 15) is 0 Å². The first-order valence-corrected chi connectivity index (χ1v) is 5.02. The molecule has 0 aliphatic rings. The second-order valence-corrected chi connectivity index (χ2v) is 2.66. The van der Waals surface area contributed by atoms with Gasteiger partial charge in [-0.2, -0.15) is 0 Å². The predicted molar refractivity (Wildman–Crippen MR) is 58.3 cm³/mol. The molecule has 0 radical (unpaired) electrons. The fourth-order valence-corrected chi connectivity index (χ4v) is 0.854. The molecule has 1 aromatic rings. The molecule has 0 saturated carbocycles. The Morgan fingerprint density at radius 2 is 1.62 bits per heavy atom. The fraction of sp³-hybridized carbons (Fsp3) is 0.500. The van der Waals surface area contributed by atoms with E-state index in [1.165, 1.54) is 5.56 Å². The van der Waals surface area contributed by atoms with Crippen molar-refractivity contribution in [3.63, 3.8) is 0 Å². The lowest BCUT2D eigenvalue weighted by Gasteiger charge is -2.03. The summed E-state index contributed by atoms with van der Waals surface area (Å²) in [6, 6.07) is 8.13. The van der Waals surface area contributed by atoms with Gasteiger partial charge in [0.15, 0.2) is 0 Å². The van der Waals surface area contributed by atoms with Crippen LogP contribution >= 0.6 is 0 Å². The molecule has 1 rings (SSSR count). The minimum absolute atomic E-state index is 0.809. The van der Waals surface area contributed by atoms with Crippen molar-refractivity contribution in [2.75, 3.05) is 6.61 Å². The summed E-state index contributed by atoms with van der Waals surface area (Å²) in [5.41, 5.74) is 1.27. The average molecular weight is 180 g/mol. The summed E-state index contributed by atoms with van der Waals surface area (Å²) in [6.45, 7) is 8.99. The van der Waals surface area contributed by atoms with E-state index in [0.717, 1.165) is 18.8 Å². The average Bonchev–Trinajstić information content (AvgIpc) is 2.20. The number of rotatable bonds is 3. The minimum Gasteiger partial charge on any atom is -0.494 e. The number of ether oxygens (including phenoxy) is 1. The molecule has 0 fully saturated rings. The van der Waals surface area contributed by atoms with Gasteiger partial charge >= 0.3 is 0 Å². The molecule has 0 aliphatic heterocycles. The van der Waals surface area contributed by atoms with Gasteiger partial charge in [0.25, 0.3) is 0 Å². The molecular weight excluding hydrogens is 160 g/mol. The van der Waals surface area contributed by atoms with Crippen LogP contribution in [0.3, 0.4) is 0 Å². The van der Waals surface area contributed by atoms with Gasteiger partial charge in [-0.1, -0.05) is 38.5 Å². The Balaban J connectivity index is 0.000000671. The Morgan fingerprint density at radius 3 is 2.08 bits per heavy atom. The van der Waals surface area contributed by atoms with E-state index in [4.69, 9.17) is 4.74 Å². The van der Waals surface area contributed by atoms with E-state index in [-0.39, 0.29) is 0 Å². The highest BCUT2D eigenvalue weighted by Crippen LogP contribution is 2.11. The zero-order chi connectivity index (χ0) is 10.1. The van der Waals surface area contributed by atoms with Gasteiger partial charge in [-0.05, 0) is 25.5 Å². The molecule has 0 heterocycles. The topological polar surface area (TPSA) is 9.23 Å². The van der Waals surface area contributed by atoms with Crippen LogP contribution in [-0.4, -0.2) is 6.61 Å². The lowest BCUT2D eigenvalue weighted by atomic mass is 10.2. The van der Waals surface area contributed by atoms with Crippen molar-refractivity contribution < 1.29 is 4.74 Å². The Labute approximate surface area is 81.7 Å². The number of hydrogen-bond acceptors (Lipinski definition) is 1. The first-order valence-electron chi connectivity index (χ1n) is 5.02. The molecule has 0 spiro atoms. The monoisotopic (exact) mass is 180 g/mol. The third kappa shape index (κ3) is 5.29. The van der Waals surface area contributed by atoms with Crippen molar-refractivity contribution >= 4 is 0 Å². The largest absolute Gasteiger partial charge is 0.494 e. The molecule has 0 atom stereocenters. The van der Waals surface area contributed by atoms with Crippen LogP contribution in [-0.2, 0) is 0 Å². The first-order chi connectivity index (χ1) is 6.33. The maximum atomic E-state index is 5.41. The minimum atomic E-state index is 0.809. The SMILES string of the molecule is CC.CCCOc1ccc(C)cc1.